The lowest BCUT2D eigenvalue weighted by molar-refractivity contribution is -0.111. The van der Waals surface area contributed by atoms with Crippen LogP contribution in [0, 0.1) is 5.82 Å². The van der Waals surface area contributed by atoms with Gasteiger partial charge in [-0.05, 0) is 53.3 Å². The summed E-state index contributed by atoms with van der Waals surface area (Å²) in [5, 5.41) is 18.5. The Bertz CT molecular complexity index is 1160. The third-order valence-electron chi connectivity index (χ3n) is 4.44. The smallest absolute Gasteiger partial charge is 0.248 e. The third kappa shape index (κ3) is 4.46. The summed E-state index contributed by atoms with van der Waals surface area (Å²) >= 11 is 0. The molecule has 0 unspecified atom stereocenters. The summed E-state index contributed by atoms with van der Waals surface area (Å²) < 4.78 is 14.9. The Morgan fingerprint density at radius 3 is 2.57 bits per heavy atom. The van der Waals surface area contributed by atoms with Crippen LogP contribution < -0.4 is 5.32 Å². The van der Waals surface area contributed by atoms with Gasteiger partial charge in [0.1, 0.15) is 5.82 Å². The highest BCUT2D eigenvalue weighted by atomic mass is 19.1. The summed E-state index contributed by atoms with van der Waals surface area (Å²) in [6.45, 7) is 0.501. The average molecular weight is 403 g/mol. The summed E-state index contributed by atoms with van der Waals surface area (Å²) in [4.78, 5) is 13.8. The molecule has 2 aromatic heterocycles. The largest absolute Gasteiger partial charge is 0.323 e. The van der Waals surface area contributed by atoms with E-state index >= 15 is 0 Å². The van der Waals surface area contributed by atoms with E-state index in [4.69, 9.17) is 0 Å². The Balaban J connectivity index is 1.42. The second kappa shape index (κ2) is 8.48. The molecule has 0 bridgehead atoms. The molecule has 2 aromatic carbocycles. The van der Waals surface area contributed by atoms with Gasteiger partial charge in [0, 0.05) is 29.9 Å². The van der Waals surface area contributed by atoms with Gasteiger partial charge in [0.2, 0.25) is 5.91 Å². The van der Waals surface area contributed by atoms with E-state index in [-0.39, 0.29) is 11.7 Å². The van der Waals surface area contributed by atoms with Crippen LogP contribution in [0.5, 0.6) is 0 Å². The van der Waals surface area contributed by atoms with E-state index in [1.54, 1.807) is 36.1 Å². The number of carbonyl (C=O) groups is 1. The number of anilines is 1. The van der Waals surface area contributed by atoms with Crippen molar-refractivity contribution in [2.45, 2.75) is 6.54 Å². The fourth-order valence-electron chi connectivity index (χ4n) is 3.00. The number of rotatable bonds is 6. The predicted molar refractivity (Wildman–Crippen MR) is 110 cm³/mol. The van der Waals surface area contributed by atoms with Crippen LogP contribution in [0.15, 0.2) is 67.1 Å². The van der Waals surface area contributed by atoms with Crippen molar-refractivity contribution in [3.8, 4) is 11.3 Å². The zero-order valence-electron chi connectivity index (χ0n) is 16.1. The van der Waals surface area contributed by atoms with Gasteiger partial charge in [-0.25, -0.2) is 4.39 Å². The Labute approximate surface area is 171 Å². The molecule has 4 rings (SSSR count). The lowest BCUT2D eigenvalue weighted by Gasteiger charge is -2.05. The van der Waals surface area contributed by atoms with Crippen LogP contribution in [0.3, 0.4) is 0 Å². The van der Waals surface area contributed by atoms with Gasteiger partial charge in [0.25, 0.3) is 0 Å². The second-order valence-corrected chi connectivity index (χ2v) is 6.56. The first-order valence-electron chi connectivity index (χ1n) is 9.15. The van der Waals surface area contributed by atoms with Crippen LogP contribution in [0.2, 0.25) is 0 Å². The molecular formula is C21H18FN7O. The Hall–Kier alpha value is -4.14. The van der Waals surface area contributed by atoms with Crippen molar-refractivity contribution in [2.24, 2.45) is 7.05 Å². The first-order chi connectivity index (χ1) is 14.6. The van der Waals surface area contributed by atoms with E-state index in [9.17, 15) is 9.18 Å². The molecule has 9 heteroatoms. The third-order valence-corrected chi connectivity index (χ3v) is 4.44. The molecule has 0 spiro atoms. The lowest BCUT2D eigenvalue weighted by atomic mass is 10.1. The zero-order valence-corrected chi connectivity index (χ0v) is 16.1. The minimum Gasteiger partial charge on any atom is -0.323 e. The molecule has 0 aliphatic carbocycles. The molecule has 4 aromatic rings. The molecular weight excluding hydrogens is 385 g/mol. The van der Waals surface area contributed by atoms with Crippen molar-refractivity contribution < 1.29 is 9.18 Å². The van der Waals surface area contributed by atoms with Gasteiger partial charge in [-0.3, -0.25) is 9.48 Å². The number of aromatic nitrogens is 6. The van der Waals surface area contributed by atoms with Crippen molar-refractivity contribution in [3.63, 3.8) is 0 Å². The van der Waals surface area contributed by atoms with E-state index in [2.05, 4.69) is 25.8 Å². The highest BCUT2D eigenvalue weighted by Gasteiger charge is 2.09. The average Bonchev–Trinajstić information content (AvgIpc) is 3.38. The monoisotopic (exact) mass is 403 g/mol. The molecule has 2 heterocycles. The van der Waals surface area contributed by atoms with Crippen LogP contribution in [0.4, 0.5) is 10.1 Å². The Kier molecular flexibility index (Phi) is 5.42. The number of carbonyl (C=O) groups excluding carboxylic acids is 1. The van der Waals surface area contributed by atoms with Gasteiger partial charge in [0.15, 0.2) is 6.33 Å². The normalized spacial score (nSPS) is 11.1. The fraction of sp³-hybridized carbons (Fsp3) is 0.0952. The molecule has 0 aliphatic rings. The quantitative estimate of drug-likeness (QED) is 0.500. The van der Waals surface area contributed by atoms with E-state index in [1.165, 1.54) is 29.3 Å². The SMILES string of the molecule is Cn1ncc(/C=C/C(=O)Nc2ccc(Cn3ncnn3)cc2)c1-c1ccc(F)cc1. The Morgan fingerprint density at radius 1 is 1.10 bits per heavy atom. The van der Waals surface area contributed by atoms with Crippen molar-refractivity contribution in [1.82, 2.24) is 30.0 Å². The molecule has 0 aliphatic heterocycles. The van der Waals surface area contributed by atoms with Crippen LogP contribution in [0.1, 0.15) is 11.1 Å². The highest BCUT2D eigenvalue weighted by molar-refractivity contribution is 6.02. The summed E-state index contributed by atoms with van der Waals surface area (Å²) in [6, 6.07) is 13.5. The van der Waals surface area contributed by atoms with E-state index in [0.717, 1.165) is 22.4 Å². The minimum atomic E-state index is -0.305. The van der Waals surface area contributed by atoms with Gasteiger partial charge in [-0.2, -0.15) is 9.90 Å². The number of tetrazole rings is 1. The maximum atomic E-state index is 13.2. The fourth-order valence-corrected chi connectivity index (χ4v) is 3.00. The molecule has 0 saturated carbocycles. The molecule has 30 heavy (non-hydrogen) atoms. The van der Waals surface area contributed by atoms with Crippen molar-refractivity contribution in [1.29, 1.82) is 0 Å². The number of nitrogens with zero attached hydrogens (tertiary/aromatic N) is 6. The number of aryl methyl sites for hydroxylation is 1. The molecule has 1 amide bonds. The van der Waals surface area contributed by atoms with Crippen molar-refractivity contribution >= 4 is 17.7 Å². The molecule has 0 radical (unpaired) electrons. The number of halogens is 1. The number of hydrogen-bond acceptors (Lipinski definition) is 5. The summed E-state index contributed by atoms with van der Waals surface area (Å²) in [5.41, 5.74) is 4.03. The standard InChI is InChI=1S/C21H18FN7O/c1-28-21(16-4-7-18(22)8-5-16)17(12-24-28)6-11-20(30)26-19-9-2-15(3-10-19)13-29-25-14-23-27-29/h2-12,14H,13H2,1H3,(H,26,30)/b11-6+. The van der Waals surface area contributed by atoms with Crippen molar-refractivity contribution in [3.05, 3.63) is 84.1 Å². The van der Waals surface area contributed by atoms with Gasteiger partial charge in [-0.15, -0.1) is 10.2 Å². The van der Waals surface area contributed by atoms with Gasteiger partial charge < -0.3 is 5.32 Å². The van der Waals surface area contributed by atoms with Crippen molar-refractivity contribution in [2.75, 3.05) is 5.32 Å². The lowest BCUT2D eigenvalue weighted by Crippen LogP contribution is -2.08. The van der Waals surface area contributed by atoms with Crippen LogP contribution in [-0.4, -0.2) is 35.9 Å². The minimum absolute atomic E-state index is 0.269. The molecule has 8 nitrogen and oxygen atoms in total. The maximum Gasteiger partial charge on any atom is 0.248 e. The van der Waals surface area contributed by atoms with Crippen LogP contribution in [0.25, 0.3) is 17.3 Å². The Morgan fingerprint density at radius 2 is 1.87 bits per heavy atom. The molecule has 0 atom stereocenters. The van der Waals surface area contributed by atoms with Gasteiger partial charge >= 0.3 is 0 Å². The molecule has 1 N–H and O–H groups in total. The summed E-state index contributed by atoms with van der Waals surface area (Å²) in [6.07, 6.45) is 6.17. The molecule has 0 saturated heterocycles. The topological polar surface area (TPSA) is 90.5 Å². The van der Waals surface area contributed by atoms with Gasteiger partial charge in [-0.1, -0.05) is 12.1 Å². The zero-order chi connectivity index (χ0) is 20.9. The second-order valence-electron chi connectivity index (χ2n) is 6.56. The first kappa shape index (κ1) is 19.2. The summed E-state index contributed by atoms with van der Waals surface area (Å²) in [5.74, 6) is -0.574. The maximum absolute atomic E-state index is 13.2. The van der Waals surface area contributed by atoms with E-state index in [1.807, 2.05) is 24.3 Å². The number of hydrogen-bond donors (Lipinski definition) is 1. The first-order valence-corrected chi connectivity index (χ1v) is 9.15. The number of nitrogens with one attached hydrogen (secondary N) is 1. The predicted octanol–water partition coefficient (Wildman–Crippen LogP) is 2.91. The number of amides is 1. The molecule has 150 valence electrons. The van der Waals surface area contributed by atoms with E-state index < -0.39 is 0 Å². The van der Waals surface area contributed by atoms with Gasteiger partial charge in [0.05, 0.1) is 18.4 Å². The van der Waals surface area contributed by atoms with E-state index in [0.29, 0.717) is 12.2 Å². The molecule has 0 fully saturated rings. The van der Waals surface area contributed by atoms with Crippen LogP contribution in [-0.2, 0) is 18.4 Å². The van der Waals surface area contributed by atoms with Crippen LogP contribution >= 0.6 is 0 Å². The summed E-state index contributed by atoms with van der Waals surface area (Å²) in [7, 11) is 1.80. The number of benzene rings is 2. The highest BCUT2D eigenvalue weighted by Crippen LogP contribution is 2.24.